The van der Waals surface area contributed by atoms with Crippen molar-refractivity contribution in [1.82, 2.24) is 4.90 Å². The average molecular weight is 213 g/mol. The lowest BCUT2D eigenvalue weighted by molar-refractivity contribution is -0.129. The highest BCUT2D eigenvalue weighted by Crippen LogP contribution is 2.21. The van der Waals surface area contributed by atoms with Crippen LogP contribution in [0.1, 0.15) is 46.0 Å². The van der Waals surface area contributed by atoms with E-state index in [4.69, 9.17) is 5.11 Å². The highest BCUT2D eigenvalue weighted by molar-refractivity contribution is 5.78. The molecule has 15 heavy (non-hydrogen) atoms. The summed E-state index contributed by atoms with van der Waals surface area (Å²) < 4.78 is 0. The molecule has 0 aromatic heterocycles. The number of likely N-dealkylation sites (tertiary alicyclic amines) is 1. The highest BCUT2D eigenvalue weighted by Gasteiger charge is 2.31. The number of carbonyl (C=O) groups is 1. The van der Waals surface area contributed by atoms with Crippen LogP contribution in [-0.4, -0.2) is 35.1 Å². The summed E-state index contributed by atoms with van der Waals surface area (Å²) in [5, 5.41) is 9.02. The zero-order chi connectivity index (χ0) is 11.3. The van der Waals surface area contributed by atoms with Gasteiger partial charge in [0.2, 0.25) is 5.91 Å². The van der Waals surface area contributed by atoms with E-state index in [1.807, 2.05) is 4.90 Å². The number of aliphatic hydroxyl groups is 1. The van der Waals surface area contributed by atoms with Crippen molar-refractivity contribution < 1.29 is 9.90 Å². The van der Waals surface area contributed by atoms with E-state index in [1.165, 1.54) is 19.3 Å². The van der Waals surface area contributed by atoms with E-state index in [1.54, 1.807) is 0 Å². The number of carbonyl (C=O) groups excluding carboxylic acids is 1. The molecule has 0 aliphatic carbocycles. The molecule has 1 N–H and O–H groups in total. The zero-order valence-corrected chi connectivity index (χ0v) is 9.91. The smallest absolute Gasteiger partial charge is 0.223 e. The Kier molecular flexibility index (Phi) is 5.09. The molecule has 2 unspecified atom stereocenters. The zero-order valence-electron chi connectivity index (χ0n) is 9.91. The predicted molar refractivity (Wildman–Crippen MR) is 60.5 cm³/mol. The van der Waals surface area contributed by atoms with Crippen LogP contribution in [0, 0.1) is 5.92 Å². The Morgan fingerprint density at radius 1 is 1.53 bits per heavy atom. The van der Waals surface area contributed by atoms with Crippen molar-refractivity contribution in [3.63, 3.8) is 0 Å². The molecular weight excluding hydrogens is 190 g/mol. The van der Waals surface area contributed by atoms with E-state index in [9.17, 15) is 4.79 Å². The van der Waals surface area contributed by atoms with Crippen molar-refractivity contribution in [3.05, 3.63) is 0 Å². The number of aliphatic hydroxyl groups excluding tert-OH is 1. The molecule has 1 heterocycles. The van der Waals surface area contributed by atoms with Crippen LogP contribution in [0.15, 0.2) is 0 Å². The molecule has 0 aromatic rings. The topological polar surface area (TPSA) is 40.5 Å². The number of rotatable bonds is 6. The van der Waals surface area contributed by atoms with Gasteiger partial charge in [-0.2, -0.15) is 0 Å². The predicted octanol–water partition coefficient (Wildman–Crippen LogP) is 1.80. The van der Waals surface area contributed by atoms with Crippen LogP contribution >= 0.6 is 0 Å². The Hall–Kier alpha value is -0.570. The molecule has 2 atom stereocenters. The lowest BCUT2D eigenvalue weighted by Crippen LogP contribution is -2.34. The third-order valence-electron chi connectivity index (χ3n) is 3.25. The van der Waals surface area contributed by atoms with Gasteiger partial charge in [-0.05, 0) is 13.3 Å². The molecular formula is C12H23NO2. The van der Waals surface area contributed by atoms with Crippen LogP contribution in [0.2, 0.25) is 0 Å². The molecule has 1 rings (SSSR count). The van der Waals surface area contributed by atoms with Crippen molar-refractivity contribution in [2.75, 3.05) is 13.2 Å². The maximum absolute atomic E-state index is 11.6. The summed E-state index contributed by atoms with van der Waals surface area (Å²) in [4.78, 5) is 13.6. The monoisotopic (exact) mass is 213 g/mol. The third-order valence-corrected chi connectivity index (χ3v) is 3.25. The number of hydrogen-bond donors (Lipinski definition) is 1. The van der Waals surface area contributed by atoms with Crippen molar-refractivity contribution in [3.8, 4) is 0 Å². The van der Waals surface area contributed by atoms with Gasteiger partial charge in [0.25, 0.3) is 0 Å². The van der Waals surface area contributed by atoms with Crippen LogP contribution in [0.25, 0.3) is 0 Å². The lowest BCUT2D eigenvalue weighted by Gasteiger charge is -2.24. The molecule has 0 bridgehead atoms. The molecule has 0 radical (unpaired) electrons. The number of amides is 1. The molecule has 1 saturated heterocycles. The average Bonchev–Trinajstić information content (AvgIpc) is 2.60. The van der Waals surface area contributed by atoms with Crippen LogP contribution in [0.3, 0.4) is 0 Å². The van der Waals surface area contributed by atoms with Gasteiger partial charge >= 0.3 is 0 Å². The first kappa shape index (κ1) is 12.5. The van der Waals surface area contributed by atoms with Gasteiger partial charge in [0.1, 0.15) is 0 Å². The summed E-state index contributed by atoms with van der Waals surface area (Å²) >= 11 is 0. The summed E-state index contributed by atoms with van der Waals surface area (Å²) in [6, 6.07) is 0.348. The first-order chi connectivity index (χ1) is 7.19. The SMILES string of the molecule is CCCCCC(C)N1CC(CO)CC1=O. The summed E-state index contributed by atoms with van der Waals surface area (Å²) in [6.07, 6.45) is 5.30. The Bertz CT molecular complexity index is 206. The van der Waals surface area contributed by atoms with Gasteiger partial charge in [-0.15, -0.1) is 0 Å². The van der Waals surface area contributed by atoms with Crippen LogP contribution in [0.5, 0.6) is 0 Å². The molecule has 0 saturated carbocycles. The number of hydrogen-bond acceptors (Lipinski definition) is 2. The minimum Gasteiger partial charge on any atom is -0.396 e. The van der Waals surface area contributed by atoms with Crippen molar-refractivity contribution in [2.45, 2.75) is 52.0 Å². The maximum atomic E-state index is 11.6. The van der Waals surface area contributed by atoms with E-state index in [2.05, 4.69) is 13.8 Å². The molecule has 1 fully saturated rings. The lowest BCUT2D eigenvalue weighted by atomic mass is 10.1. The molecule has 1 amide bonds. The molecule has 3 heteroatoms. The fourth-order valence-electron chi connectivity index (χ4n) is 2.20. The minimum atomic E-state index is 0.143. The van der Waals surface area contributed by atoms with Gasteiger partial charge in [-0.1, -0.05) is 26.2 Å². The Labute approximate surface area is 92.5 Å². The van der Waals surface area contributed by atoms with E-state index < -0.39 is 0 Å². The Balaban J connectivity index is 2.32. The van der Waals surface area contributed by atoms with Gasteiger partial charge in [0, 0.05) is 31.5 Å². The molecule has 3 nitrogen and oxygen atoms in total. The van der Waals surface area contributed by atoms with Gasteiger partial charge in [-0.3, -0.25) is 4.79 Å². The van der Waals surface area contributed by atoms with E-state index >= 15 is 0 Å². The van der Waals surface area contributed by atoms with Crippen LogP contribution in [0.4, 0.5) is 0 Å². The second-order valence-electron chi connectivity index (χ2n) is 4.64. The van der Waals surface area contributed by atoms with E-state index in [-0.39, 0.29) is 18.4 Å². The first-order valence-corrected chi connectivity index (χ1v) is 6.09. The largest absolute Gasteiger partial charge is 0.396 e. The van der Waals surface area contributed by atoms with Gasteiger partial charge in [0.05, 0.1) is 0 Å². The van der Waals surface area contributed by atoms with Crippen molar-refractivity contribution in [1.29, 1.82) is 0 Å². The summed E-state index contributed by atoms with van der Waals surface area (Å²) in [7, 11) is 0. The Morgan fingerprint density at radius 2 is 2.27 bits per heavy atom. The normalized spacial score (nSPS) is 23.5. The molecule has 0 aromatic carbocycles. The molecule has 1 aliphatic heterocycles. The summed E-state index contributed by atoms with van der Waals surface area (Å²) in [5.74, 6) is 0.393. The molecule has 88 valence electrons. The number of nitrogens with zero attached hydrogens (tertiary/aromatic N) is 1. The first-order valence-electron chi connectivity index (χ1n) is 6.09. The second-order valence-corrected chi connectivity index (χ2v) is 4.64. The van der Waals surface area contributed by atoms with Crippen molar-refractivity contribution >= 4 is 5.91 Å². The second kappa shape index (κ2) is 6.11. The van der Waals surface area contributed by atoms with Crippen molar-refractivity contribution in [2.24, 2.45) is 5.92 Å². The van der Waals surface area contributed by atoms with Crippen LogP contribution in [-0.2, 0) is 4.79 Å². The fraction of sp³-hybridized carbons (Fsp3) is 0.917. The number of unbranched alkanes of at least 4 members (excludes halogenated alkanes) is 2. The van der Waals surface area contributed by atoms with Crippen LogP contribution < -0.4 is 0 Å². The molecule has 1 aliphatic rings. The standard InChI is InChI=1S/C12H23NO2/c1-3-4-5-6-10(2)13-8-11(9-14)7-12(13)15/h10-11,14H,3-9H2,1-2H3. The van der Waals surface area contributed by atoms with Gasteiger partial charge < -0.3 is 10.0 Å². The minimum absolute atomic E-state index is 0.143. The quantitative estimate of drug-likeness (QED) is 0.683. The third kappa shape index (κ3) is 3.49. The van der Waals surface area contributed by atoms with Gasteiger partial charge in [0.15, 0.2) is 0 Å². The Morgan fingerprint density at radius 3 is 2.80 bits per heavy atom. The summed E-state index contributed by atoms with van der Waals surface area (Å²) in [5.41, 5.74) is 0. The summed E-state index contributed by atoms with van der Waals surface area (Å²) in [6.45, 7) is 5.20. The fourth-order valence-corrected chi connectivity index (χ4v) is 2.20. The van der Waals surface area contributed by atoms with E-state index in [0.717, 1.165) is 13.0 Å². The maximum Gasteiger partial charge on any atom is 0.223 e. The van der Waals surface area contributed by atoms with E-state index in [0.29, 0.717) is 12.5 Å². The highest BCUT2D eigenvalue weighted by atomic mass is 16.3. The molecule has 0 spiro atoms. The van der Waals surface area contributed by atoms with Gasteiger partial charge in [-0.25, -0.2) is 0 Å².